The quantitative estimate of drug-likeness (QED) is 0.162. The van der Waals surface area contributed by atoms with Crippen molar-refractivity contribution in [3.8, 4) is 5.75 Å². The van der Waals surface area contributed by atoms with E-state index in [2.05, 4.69) is 83.5 Å². The van der Waals surface area contributed by atoms with Crippen molar-refractivity contribution in [3.05, 3.63) is 74.7 Å². The Labute approximate surface area is 237 Å². The van der Waals surface area contributed by atoms with Gasteiger partial charge in [-0.2, -0.15) is 0 Å². The number of rotatable bonds is 8. The van der Waals surface area contributed by atoms with Gasteiger partial charge in [-0.25, -0.2) is 0 Å². The Morgan fingerprint density at radius 1 is 1.24 bits per heavy atom. The van der Waals surface area contributed by atoms with Crippen molar-refractivity contribution in [1.82, 2.24) is 0 Å². The molecule has 10 heteroatoms. The van der Waals surface area contributed by atoms with E-state index in [4.69, 9.17) is 4.74 Å². The molecule has 1 aromatic heterocycles. The molecule has 0 bridgehead atoms. The second-order valence-corrected chi connectivity index (χ2v) is 14.7. The summed E-state index contributed by atoms with van der Waals surface area (Å²) in [5, 5.41) is 3.62. The summed E-state index contributed by atoms with van der Waals surface area (Å²) in [5.41, 5.74) is 3.32. The number of thiazole rings is 1. The van der Waals surface area contributed by atoms with Crippen LogP contribution in [0.15, 0.2) is 64.1 Å². The normalized spacial score (nSPS) is 15.1. The number of hydrogen-bond donors (Lipinski definition) is 0. The van der Waals surface area contributed by atoms with E-state index in [9.17, 15) is 13.0 Å². The first kappa shape index (κ1) is 27.2. The average molecular weight is 632 g/mol. The Morgan fingerprint density at radius 2 is 2.03 bits per heavy atom. The van der Waals surface area contributed by atoms with Gasteiger partial charge in [0.2, 0.25) is 0 Å². The van der Waals surface area contributed by atoms with Crippen molar-refractivity contribution in [2.45, 2.75) is 13.3 Å². The zero-order chi connectivity index (χ0) is 27.0. The summed E-state index contributed by atoms with van der Waals surface area (Å²) in [7, 11) is -0.472. The van der Waals surface area contributed by atoms with Crippen LogP contribution < -0.4 is 18.7 Å². The van der Waals surface area contributed by atoms with Gasteiger partial charge in [0.05, 0.1) is 0 Å². The van der Waals surface area contributed by atoms with Crippen molar-refractivity contribution >= 4 is 85.4 Å². The molecular weight excluding hydrogens is 603 g/mol. The van der Waals surface area contributed by atoms with Gasteiger partial charge in [-0.1, -0.05) is 0 Å². The summed E-state index contributed by atoms with van der Waals surface area (Å²) in [4.78, 5) is 3.29. The van der Waals surface area contributed by atoms with E-state index in [1.165, 1.54) is 25.5 Å². The van der Waals surface area contributed by atoms with E-state index < -0.39 is 10.1 Å². The van der Waals surface area contributed by atoms with Crippen molar-refractivity contribution in [1.29, 1.82) is 0 Å². The Bertz CT molecular complexity index is 1710. The van der Waals surface area contributed by atoms with Crippen molar-refractivity contribution in [2.75, 3.05) is 30.6 Å². The molecule has 0 aliphatic carbocycles. The predicted octanol–water partition coefficient (Wildman–Crippen LogP) is 4.53. The van der Waals surface area contributed by atoms with Crippen LogP contribution in [0.1, 0.15) is 17.0 Å². The van der Waals surface area contributed by atoms with Gasteiger partial charge in [-0.3, -0.25) is 0 Å². The summed E-state index contributed by atoms with van der Waals surface area (Å²) in [6, 6.07) is 17.0. The van der Waals surface area contributed by atoms with Crippen LogP contribution >= 0.6 is 23.1 Å². The standard InChI is InChI=1S/C28H28N2O4S3Se/c1-18-14-22-25(17-23(18)34-3)38-27(30(22)12-7-13-37(31,32)33)16-20(35-4)15-26-29(2)28-21-9-6-5-8-19(21)10-11-24(28)36-26/h5-6,8-11,14-17H,7,12-13H2,1-4H3. The van der Waals surface area contributed by atoms with Crippen LogP contribution in [0.5, 0.6) is 5.75 Å². The minimum atomic E-state index is -4.26. The zero-order valence-corrected chi connectivity index (χ0v) is 25.7. The third kappa shape index (κ3) is 5.52. The Hall–Kier alpha value is -2.33. The van der Waals surface area contributed by atoms with E-state index in [0.29, 0.717) is 6.54 Å². The van der Waals surface area contributed by atoms with Crippen molar-refractivity contribution < 1.29 is 22.3 Å². The third-order valence-corrected chi connectivity index (χ3v) is 11.5. The number of benzene rings is 3. The van der Waals surface area contributed by atoms with Gasteiger partial charge >= 0.3 is 239 Å². The molecular formula is C28H28N2O4S3Se. The van der Waals surface area contributed by atoms with E-state index in [1.807, 2.05) is 6.92 Å². The first-order chi connectivity index (χ1) is 18.2. The Balaban J connectivity index is 1.54. The van der Waals surface area contributed by atoms with Crippen LogP contribution in [0.4, 0.5) is 5.69 Å². The monoisotopic (exact) mass is 632 g/mol. The molecule has 38 heavy (non-hydrogen) atoms. The zero-order valence-electron chi connectivity index (χ0n) is 21.6. The van der Waals surface area contributed by atoms with Crippen LogP contribution in [0.3, 0.4) is 0 Å². The molecule has 6 nitrogen and oxygen atoms in total. The second kappa shape index (κ2) is 11.0. The fourth-order valence-corrected chi connectivity index (χ4v) is 9.39. The molecule has 0 amide bonds. The molecule has 0 atom stereocenters. The summed E-state index contributed by atoms with van der Waals surface area (Å²) in [5.74, 6) is 0.476. The second-order valence-electron chi connectivity index (χ2n) is 9.02. The molecule has 0 fully saturated rings. The van der Waals surface area contributed by atoms with Gasteiger partial charge in [0.25, 0.3) is 0 Å². The SMILES string of the molecule is COc1cc2c(cc1C)N(CCCS(=O)(=O)[O-])/C(=C/C(=C/c1sc3ccc4ccccc4c3[n+]1C)SC)[Se]2. The Kier molecular flexibility index (Phi) is 7.91. The van der Waals surface area contributed by atoms with Crippen LogP contribution in [0.25, 0.3) is 27.1 Å². The van der Waals surface area contributed by atoms with E-state index >= 15 is 0 Å². The van der Waals surface area contributed by atoms with E-state index in [1.54, 1.807) is 30.2 Å². The van der Waals surface area contributed by atoms with Gasteiger partial charge in [-0.05, 0) is 0 Å². The van der Waals surface area contributed by atoms with Crippen LogP contribution in [-0.2, 0) is 17.2 Å². The number of allylic oxidation sites excluding steroid dienone is 1. The Morgan fingerprint density at radius 3 is 2.76 bits per heavy atom. The summed E-state index contributed by atoms with van der Waals surface area (Å²) >= 11 is 3.47. The maximum atomic E-state index is 11.3. The molecule has 0 radical (unpaired) electrons. The van der Waals surface area contributed by atoms with Gasteiger partial charge in [0.1, 0.15) is 0 Å². The predicted molar refractivity (Wildman–Crippen MR) is 160 cm³/mol. The first-order valence-electron chi connectivity index (χ1n) is 12.0. The first-order valence-corrected chi connectivity index (χ1v) is 17.4. The molecule has 2 heterocycles. The summed E-state index contributed by atoms with van der Waals surface area (Å²) < 4.78 is 45.2. The molecule has 1 aliphatic rings. The molecule has 0 spiro atoms. The molecule has 4 aromatic rings. The molecule has 0 unspecified atom stereocenters. The number of aromatic nitrogens is 1. The van der Waals surface area contributed by atoms with Gasteiger partial charge in [0, 0.05) is 0 Å². The van der Waals surface area contributed by atoms with E-state index in [0.717, 1.165) is 31.5 Å². The number of thioether (sulfide) groups is 1. The van der Waals surface area contributed by atoms with Gasteiger partial charge < -0.3 is 0 Å². The van der Waals surface area contributed by atoms with Crippen LogP contribution in [-0.4, -0.2) is 53.6 Å². The number of aryl methyl sites for hydroxylation is 2. The molecule has 0 N–H and O–H groups in total. The van der Waals surface area contributed by atoms with Gasteiger partial charge in [0.15, 0.2) is 0 Å². The van der Waals surface area contributed by atoms with Crippen molar-refractivity contribution in [3.63, 3.8) is 0 Å². The maximum absolute atomic E-state index is 11.3. The summed E-state index contributed by atoms with van der Waals surface area (Å²) in [6.07, 6.45) is 6.78. The fraction of sp³-hybridized carbons (Fsp3) is 0.250. The van der Waals surface area contributed by atoms with Crippen LogP contribution in [0.2, 0.25) is 0 Å². The number of methoxy groups -OCH3 is 1. The minimum absolute atomic E-state index is 0.0139. The summed E-state index contributed by atoms with van der Waals surface area (Å²) in [6.45, 7) is 2.48. The molecule has 0 saturated carbocycles. The number of anilines is 1. The third-order valence-electron chi connectivity index (χ3n) is 6.54. The molecule has 198 valence electrons. The fourth-order valence-electron chi connectivity index (χ4n) is 4.67. The molecule has 5 rings (SSSR count). The number of nitrogens with zero attached hydrogens (tertiary/aromatic N) is 2. The van der Waals surface area contributed by atoms with Gasteiger partial charge in [-0.15, -0.1) is 0 Å². The number of fused-ring (bicyclic) bond motifs is 4. The topological polar surface area (TPSA) is 73.5 Å². The molecule has 0 saturated heterocycles. The van der Waals surface area contributed by atoms with Crippen LogP contribution in [0, 0.1) is 6.92 Å². The molecule has 1 aliphatic heterocycles. The number of hydrogen-bond acceptors (Lipinski definition) is 7. The van der Waals surface area contributed by atoms with Crippen molar-refractivity contribution in [2.24, 2.45) is 7.05 Å². The number of ether oxygens (including phenoxy) is 1. The average Bonchev–Trinajstić information content (AvgIpc) is 3.38. The molecule has 3 aromatic carbocycles. The van der Waals surface area contributed by atoms with E-state index in [-0.39, 0.29) is 27.1 Å².